The van der Waals surface area contributed by atoms with Gasteiger partial charge in [0.2, 0.25) is 11.8 Å². The van der Waals surface area contributed by atoms with Gasteiger partial charge in [-0.15, -0.1) is 0 Å². The lowest BCUT2D eigenvalue weighted by Crippen LogP contribution is -2.34. The molecule has 7 nitrogen and oxygen atoms in total. The summed E-state index contributed by atoms with van der Waals surface area (Å²) < 4.78 is 14.5. The molecule has 0 aliphatic heterocycles. The molecule has 0 radical (unpaired) electrons. The van der Waals surface area contributed by atoms with Crippen molar-refractivity contribution in [3.8, 4) is 5.69 Å². The number of fused-ring (bicyclic) bond motifs is 1. The van der Waals surface area contributed by atoms with E-state index in [1.807, 2.05) is 24.3 Å². The van der Waals surface area contributed by atoms with E-state index in [9.17, 15) is 18.8 Å². The van der Waals surface area contributed by atoms with Crippen molar-refractivity contribution >= 4 is 40.2 Å². The summed E-state index contributed by atoms with van der Waals surface area (Å²) in [6, 6.07) is 20.0. The summed E-state index contributed by atoms with van der Waals surface area (Å²) in [4.78, 5) is 42.4. The van der Waals surface area contributed by atoms with Crippen molar-refractivity contribution in [2.75, 3.05) is 17.6 Å². The van der Waals surface area contributed by atoms with E-state index in [2.05, 4.69) is 22.5 Å². The molecule has 0 aliphatic rings. The number of aromatic nitrogens is 2. The number of nitrogens with one attached hydrogen (secondary N) is 2. The topological polar surface area (TPSA) is 93.1 Å². The molecule has 2 amide bonds. The molecule has 0 saturated heterocycles. The molecule has 0 atom stereocenters. The molecule has 0 aliphatic carbocycles. The Kier molecular flexibility index (Phi) is 7.57. The number of hydrogen-bond donors (Lipinski definition) is 2. The smallest absolute Gasteiger partial charge is 0.266 e. The van der Waals surface area contributed by atoms with Crippen LogP contribution in [0.3, 0.4) is 0 Å². The van der Waals surface area contributed by atoms with E-state index in [-0.39, 0.29) is 23.8 Å². The van der Waals surface area contributed by atoms with E-state index in [4.69, 9.17) is 0 Å². The van der Waals surface area contributed by atoms with Crippen LogP contribution in [0.25, 0.3) is 16.6 Å². The van der Waals surface area contributed by atoms with Gasteiger partial charge in [-0.25, -0.2) is 9.37 Å². The Morgan fingerprint density at radius 2 is 1.69 bits per heavy atom. The highest BCUT2D eigenvalue weighted by Gasteiger charge is 2.15. The van der Waals surface area contributed by atoms with Gasteiger partial charge in [-0.3, -0.25) is 19.0 Å². The number of aryl methyl sites for hydroxylation is 1. The summed E-state index contributed by atoms with van der Waals surface area (Å²) in [6.07, 6.45) is 0.877. The minimum Gasteiger partial charge on any atom is -0.346 e. The fourth-order valence-corrected chi connectivity index (χ4v) is 4.26. The molecule has 1 aromatic heterocycles. The maximum Gasteiger partial charge on any atom is 0.266 e. The standard InChI is InChI=1S/C26H23FN4O3S/c1-2-17-7-13-20(14-8-17)31-25(34)21-5-3-4-6-22(21)30-26(31)35-16-24(33)28-15-23(32)29-19-11-9-18(27)10-12-19/h3-14H,2,15-16H2,1H3,(H,28,33)(H,29,32). The van der Waals surface area contributed by atoms with Crippen LogP contribution in [0.4, 0.5) is 10.1 Å². The fourth-order valence-electron chi connectivity index (χ4n) is 3.42. The maximum atomic E-state index is 13.3. The van der Waals surface area contributed by atoms with Gasteiger partial charge in [0.1, 0.15) is 5.82 Å². The number of carbonyl (C=O) groups excluding carboxylic acids is 2. The molecule has 0 saturated carbocycles. The second kappa shape index (κ2) is 11.0. The van der Waals surface area contributed by atoms with Crippen molar-refractivity contribution in [3.05, 3.63) is 94.5 Å². The van der Waals surface area contributed by atoms with Crippen LogP contribution >= 0.6 is 11.8 Å². The third-order valence-corrected chi connectivity index (χ3v) is 6.19. The van der Waals surface area contributed by atoms with Crippen molar-refractivity contribution < 1.29 is 14.0 Å². The normalized spacial score (nSPS) is 10.8. The summed E-state index contributed by atoms with van der Waals surface area (Å²) in [5, 5.41) is 5.99. The number of para-hydroxylation sites is 1. The average molecular weight is 491 g/mol. The second-order valence-electron chi connectivity index (χ2n) is 7.69. The largest absolute Gasteiger partial charge is 0.346 e. The molecule has 9 heteroatoms. The van der Waals surface area contributed by atoms with Gasteiger partial charge in [0.15, 0.2) is 5.16 Å². The predicted octanol–water partition coefficient (Wildman–Crippen LogP) is 3.93. The van der Waals surface area contributed by atoms with E-state index >= 15 is 0 Å². The van der Waals surface area contributed by atoms with Gasteiger partial charge in [-0.2, -0.15) is 0 Å². The van der Waals surface area contributed by atoms with E-state index in [0.29, 0.717) is 27.4 Å². The molecule has 0 fully saturated rings. The molecule has 3 aromatic carbocycles. The Balaban J connectivity index is 1.47. The van der Waals surface area contributed by atoms with Gasteiger partial charge in [-0.05, 0) is 60.5 Å². The number of halogens is 1. The van der Waals surface area contributed by atoms with Gasteiger partial charge in [0.25, 0.3) is 5.56 Å². The minimum atomic E-state index is -0.438. The summed E-state index contributed by atoms with van der Waals surface area (Å²) in [7, 11) is 0. The van der Waals surface area contributed by atoms with E-state index in [1.54, 1.807) is 24.3 Å². The van der Waals surface area contributed by atoms with E-state index in [0.717, 1.165) is 23.7 Å². The number of carbonyl (C=O) groups is 2. The zero-order valence-electron chi connectivity index (χ0n) is 19.0. The summed E-state index contributed by atoms with van der Waals surface area (Å²) in [5.74, 6) is -1.27. The Bertz CT molecular complexity index is 1420. The lowest BCUT2D eigenvalue weighted by molar-refractivity contribution is -0.122. The van der Waals surface area contributed by atoms with Crippen LogP contribution in [0.1, 0.15) is 12.5 Å². The van der Waals surface area contributed by atoms with Gasteiger partial charge in [-0.1, -0.05) is 43.0 Å². The Labute approximate surface area is 205 Å². The average Bonchev–Trinajstić information content (AvgIpc) is 2.88. The first-order chi connectivity index (χ1) is 16.9. The highest BCUT2D eigenvalue weighted by atomic mass is 32.2. The lowest BCUT2D eigenvalue weighted by atomic mass is 10.1. The first-order valence-electron chi connectivity index (χ1n) is 11.0. The molecular formula is C26H23FN4O3S. The van der Waals surface area contributed by atoms with Crippen molar-refractivity contribution in [3.63, 3.8) is 0 Å². The number of benzene rings is 3. The second-order valence-corrected chi connectivity index (χ2v) is 8.64. The molecule has 35 heavy (non-hydrogen) atoms. The number of nitrogens with zero attached hydrogens (tertiary/aromatic N) is 2. The van der Waals surface area contributed by atoms with Crippen LogP contribution in [0.2, 0.25) is 0 Å². The third kappa shape index (κ3) is 5.93. The maximum absolute atomic E-state index is 13.3. The Morgan fingerprint density at radius 3 is 2.40 bits per heavy atom. The molecule has 1 heterocycles. The van der Waals surface area contributed by atoms with Gasteiger partial charge in [0.05, 0.1) is 28.9 Å². The van der Waals surface area contributed by atoms with Crippen LogP contribution in [0.15, 0.2) is 82.7 Å². The van der Waals surface area contributed by atoms with Gasteiger partial charge >= 0.3 is 0 Å². The summed E-state index contributed by atoms with van der Waals surface area (Å²) in [6.45, 7) is 1.81. The highest BCUT2D eigenvalue weighted by molar-refractivity contribution is 7.99. The number of hydrogen-bond acceptors (Lipinski definition) is 5. The monoisotopic (exact) mass is 490 g/mol. The first-order valence-corrected chi connectivity index (χ1v) is 12.0. The Hall–Kier alpha value is -3.98. The van der Waals surface area contributed by atoms with Crippen molar-refractivity contribution in [1.82, 2.24) is 14.9 Å². The molecular weight excluding hydrogens is 467 g/mol. The van der Waals surface area contributed by atoms with E-state index < -0.39 is 11.7 Å². The molecule has 0 unspecified atom stereocenters. The van der Waals surface area contributed by atoms with Crippen LogP contribution in [-0.4, -0.2) is 33.7 Å². The molecule has 0 bridgehead atoms. The number of amides is 2. The zero-order valence-corrected chi connectivity index (χ0v) is 19.8. The van der Waals surface area contributed by atoms with Crippen LogP contribution < -0.4 is 16.2 Å². The van der Waals surface area contributed by atoms with E-state index in [1.165, 1.54) is 28.8 Å². The van der Waals surface area contributed by atoms with Crippen molar-refractivity contribution in [2.24, 2.45) is 0 Å². The quantitative estimate of drug-likeness (QED) is 0.288. The molecule has 0 spiro atoms. The van der Waals surface area contributed by atoms with Gasteiger partial charge < -0.3 is 10.6 Å². The fraction of sp³-hybridized carbons (Fsp3) is 0.154. The van der Waals surface area contributed by atoms with Crippen molar-refractivity contribution in [2.45, 2.75) is 18.5 Å². The van der Waals surface area contributed by atoms with Crippen LogP contribution in [0.5, 0.6) is 0 Å². The zero-order chi connectivity index (χ0) is 24.8. The lowest BCUT2D eigenvalue weighted by Gasteiger charge is -2.13. The minimum absolute atomic E-state index is 0.0400. The highest BCUT2D eigenvalue weighted by Crippen LogP contribution is 2.21. The SMILES string of the molecule is CCc1ccc(-n2c(SCC(=O)NCC(=O)Nc3ccc(F)cc3)nc3ccccc3c2=O)cc1. The number of rotatable bonds is 8. The van der Waals surface area contributed by atoms with Crippen LogP contribution in [-0.2, 0) is 16.0 Å². The molecule has 4 aromatic rings. The molecule has 2 N–H and O–H groups in total. The number of anilines is 1. The third-order valence-electron chi connectivity index (χ3n) is 5.25. The van der Waals surface area contributed by atoms with Crippen molar-refractivity contribution in [1.29, 1.82) is 0 Å². The van der Waals surface area contributed by atoms with Crippen LogP contribution in [0, 0.1) is 5.82 Å². The summed E-state index contributed by atoms with van der Waals surface area (Å²) in [5.41, 5.74) is 2.55. The number of thioether (sulfide) groups is 1. The predicted molar refractivity (Wildman–Crippen MR) is 135 cm³/mol. The molecule has 4 rings (SSSR count). The Morgan fingerprint density at radius 1 is 0.971 bits per heavy atom. The summed E-state index contributed by atoms with van der Waals surface area (Å²) >= 11 is 1.11. The van der Waals surface area contributed by atoms with Gasteiger partial charge in [0, 0.05) is 5.69 Å². The first kappa shape index (κ1) is 24.2. The molecule has 178 valence electrons.